The van der Waals surface area contributed by atoms with E-state index in [1.807, 2.05) is 36.4 Å². The number of fused-ring (bicyclic) bond motifs is 1. The van der Waals surface area contributed by atoms with Gasteiger partial charge in [0.1, 0.15) is 0 Å². The van der Waals surface area contributed by atoms with Crippen molar-refractivity contribution in [3.05, 3.63) is 59.7 Å². The number of aromatic nitrogens is 3. The lowest BCUT2D eigenvalue weighted by Crippen LogP contribution is -2.27. The number of carbonyl (C=O) groups is 1. The zero-order chi connectivity index (χ0) is 30.2. The first kappa shape index (κ1) is 31.3. The summed E-state index contributed by atoms with van der Waals surface area (Å²) in [5, 5.41) is 13.0. The zero-order valence-corrected chi connectivity index (χ0v) is 25.2. The normalized spacial score (nSPS) is 14.8. The Balaban J connectivity index is 1.05. The molecule has 2 aromatic carbocycles. The van der Waals surface area contributed by atoms with Crippen molar-refractivity contribution in [2.75, 3.05) is 62.3 Å². The molecular weight excluding hydrogens is 562 g/mol. The Morgan fingerprint density at radius 3 is 2.23 bits per heavy atom. The molecule has 0 atom stereocenters. The van der Waals surface area contributed by atoms with E-state index in [9.17, 15) is 4.79 Å². The van der Waals surface area contributed by atoms with Gasteiger partial charge >= 0.3 is 0 Å². The third-order valence-corrected chi connectivity index (χ3v) is 7.43. The predicted molar refractivity (Wildman–Crippen MR) is 168 cm³/mol. The summed E-state index contributed by atoms with van der Waals surface area (Å²) in [5.41, 5.74) is 1.67. The fourth-order valence-corrected chi connectivity index (χ4v) is 5.10. The summed E-state index contributed by atoms with van der Waals surface area (Å²) in [5.74, 6) is 2.93. The topological polar surface area (TPSA) is 141 Å². The number of anilines is 3. The first-order chi connectivity index (χ1) is 21.7. The maximum atomic E-state index is 12.0. The molecule has 0 bridgehead atoms. The van der Waals surface area contributed by atoms with Crippen molar-refractivity contribution in [2.24, 2.45) is 0 Å². The van der Waals surface area contributed by atoms with Crippen LogP contribution in [0.3, 0.4) is 0 Å². The molecule has 3 aromatic rings. The second-order valence-electron chi connectivity index (χ2n) is 10.8. The van der Waals surface area contributed by atoms with Crippen molar-refractivity contribution >= 4 is 23.8 Å². The van der Waals surface area contributed by atoms with Crippen LogP contribution in [-0.4, -0.2) is 73.2 Å². The highest BCUT2D eigenvalue weighted by molar-refractivity contribution is 5.94. The van der Waals surface area contributed by atoms with E-state index >= 15 is 0 Å². The Kier molecular flexibility index (Phi) is 12.2. The fourth-order valence-electron chi connectivity index (χ4n) is 5.10. The molecule has 12 heteroatoms. The maximum absolute atomic E-state index is 12.0. The van der Waals surface area contributed by atoms with E-state index in [0.29, 0.717) is 75.5 Å². The molecule has 0 spiro atoms. The van der Waals surface area contributed by atoms with E-state index in [-0.39, 0.29) is 12.7 Å². The second-order valence-corrected chi connectivity index (χ2v) is 10.8. The first-order valence-electron chi connectivity index (χ1n) is 15.6. The monoisotopic (exact) mass is 605 g/mol. The minimum atomic E-state index is -0.107. The molecule has 0 unspecified atom stereocenters. The Morgan fingerprint density at radius 1 is 0.750 bits per heavy atom. The first-order valence-corrected chi connectivity index (χ1v) is 15.6. The summed E-state index contributed by atoms with van der Waals surface area (Å²) in [6.07, 6.45) is 8.54. The van der Waals surface area contributed by atoms with Gasteiger partial charge in [0.25, 0.3) is 5.91 Å². The zero-order valence-electron chi connectivity index (χ0n) is 25.2. The fraction of sp³-hybridized carbons (Fsp3) is 0.500. The number of rotatable bonds is 16. The van der Waals surface area contributed by atoms with Crippen molar-refractivity contribution in [1.29, 1.82) is 0 Å². The number of hydrogen-bond acceptors (Lipinski definition) is 11. The van der Waals surface area contributed by atoms with E-state index in [1.165, 1.54) is 32.1 Å². The molecule has 2 aliphatic rings. The van der Waals surface area contributed by atoms with Crippen LogP contribution >= 0.6 is 0 Å². The van der Waals surface area contributed by atoms with Gasteiger partial charge in [-0.05, 0) is 42.7 Å². The predicted octanol–water partition coefficient (Wildman–Crippen LogP) is 4.61. The Labute approximate surface area is 258 Å². The number of hydrogen-bond donors (Lipinski definition) is 4. The Hall–Kier alpha value is -4.16. The molecule has 1 aliphatic heterocycles. The maximum Gasteiger partial charge on any atom is 0.251 e. The molecule has 4 N–H and O–H groups in total. The van der Waals surface area contributed by atoms with Gasteiger partial charge in [0.15, 0.2) is 11.5 Å². The van der Waals surface area contributed by atoms with Crippen molar-refractivity contribution < 1.29 is 23.7 Å². The van der Waals surface area contributed by atoms with Crippen LogP contribution in [0.5, 0.6) is 11.5 Å². The van der Waals surface area contributed by atoms with Gasteiger partial charge in [-0.25, -0.2) is 0 Å². The van der Waals surface area contributed by atoms with Crippen LogP contribution in [-0.2, 0) is 16.0 Å². The molecule has 1 fully saturated rings. The van der Waals surface area contributed by atoms with Gasteiger partial charge in [-0.1, -0.05) is 56.4 Å². The molecule has 1 aliphatic carbocycles. The number of nitrogens with zero attached hydrogens (tertiary/aromatic N) is 3. The van der Waals surface area contributed by atoms with Gasteiger partial charge in [-0.2, -0.15) is 15.0 Å². The number of benzene rings is 2. The van der Waals surface area contributed by atoms with Gasteiger partial charge in [-0.3, -0.25) is 4.79 Å². The standard InChI is InChI=1S/C32H43N7O5/c40-29(25-9-5-4-6-10-25)33-15-17-41-19-20-42-18-16-34-30-37-31(35-22-24-13-14-27-28(21-24)44-23-43-27)39-32(38-30)36-26-11-7-2-1-3-8-12-26/h4-6,9-10,13-14,21,26H,1-3,7-8,11-12,15-20,22-23H2,(H,33,40)(H3,34,35,36,37,38,39). The van der Waals surface area contributed by atoms with Crippen LogP contribution in [0.2, 0.25) is 0 Å². The quantitative estimate of drug-likeness (QED) is 0.170. The summed E-state index contributed by atoms with van der Waals surface area (Å²) < 4.78 is 22.2. The number of amides is 1. The van der Waals surface area contributed by atoms with Gasteiger partial charge in [0.05, 0.1) is 26.4 Å². The highest BCUT2D eigenvalue weighted by Gasteiger charge is 2.16. The molecule has 0 radical (unpaired) electrons. The minimum absolute atomic E-state index is 0.107. The number of carbonyl (C=O) groups excluding carboxylic acids is 1. The average Bonchev–Trinajstić information content (AvgIpc) is 3.51. The summed E-state index contributed by atoms with van der Waals surface area (Å²) in [4.78, 5) is 26.0. The molecule has 1 saturated carbocycles. The van der Waals surface area contributed by atoms with Crippen molar-refractivity contribution in [3.8, 4) is 11.5 Å². The SMILES string of the molecule is O=C(NCCOCCOCCNc1nc(NCc2ccc3c(c2)OCO3)nc(NC2CCCCCCC2)n1)c1ccccc1. The number of nitrogens with one attached hydrogen (secondary N) is 4. The lowest BCUT2D eigenvalue weighted by molar-refractivity contribution is 0.0519. The molecule has 0 saturated heterocycles. The van der Waals surface area contributed by atoms with Crippen LogP contribution < -0.4 is 30.7 Å². The molecule has 5 rings (SSSR count). The molecule has 236 valence electrons. The summed E-state index contributed by atoms with van der Waals surface area (Å²) in [7, 11) is 0. The van der Waals surface area contributed by atoms with Gasteiger partial charge in [0.2, 0.25) is 24.6 Å². The highest BCUT2D eigenvalue weighted by atomic mass is 16.7. The van der Waals surface area contributed by atoms with Crippen LogP contribution in [0.1, 0.15) is 60.9 Å². The number of ether oxygens (including phenoxy) is 4. The minimum Gasteiger partial charge on any atom is -0.454 e. The summed E-state index contributed by atoms with van der Waals surface area (Å²) in [6.45, 7) is 3.52. The third-order valence-electron chi connectivity index (χ3n) is 7.43. The van der Waals surface area contributed by atoms with Crippen LogP contribution in [0.15, 0.2) is 48.5 Å². The summed E-state index contributed by atoms with van der Waals surface area (Å²) in [6, 6.07) is 15.3. The van der Waals surface area contributed by atoms with Gasteiger partial charge in [-0.15, -0.1) is 0 Å². The Morgan fingerprint density at radius 2 is 1.43 bits per heavy atom. The van der Waals surface area contributed by atoms with E-state index in [0.717, 1.165) is 29.9 Å². The van der Waals surface area contributed by atoms with Gasteiger partial charge < -0.3 is 40.2 Å². The van der Waals surface area contributed by atoms with Crippen LogP contribution in [0.25, 0.3) is 0 Å². The van der Waals surface area contributed by atoms with E-state index < -0.39 is 0 Å². The molecule has 1 aromatic heterocycles. The Bertz CT molecular complexity index is 1310. The molecule has 1 amide bonds. The van der Waals surface area contributed by atoms with E-state index in [1.54, 1.807) is 12.1 Å². The van der Waals surface area contributed by atoms with E-state index in [2.05, 4.69) is 36.2 Å². The molecular formula is C32H43N7O5. The van der Waals surface area contributed by atoms with Crippen molar-refractivity contribution in [3.63, 3.8) is 0 Å². The third kappa shape index (κ3) is 10.2. The highest BCUT2D eigenvalue weighted by Crippen LogP contribution is 2.32. The smallest absolute Gasteiger partial charge is 0.251 e. The van der Waals surface area contributed by atoms with Gasteiger partial charge in [0, 0.05) is 31.2 Å². The van der Waals surface area contributed by atoms with Crippen LogP contribution in [0.4, 0.5) is 17.8 Å². The lowest BCUT2D eigenvalue weighted by Gasteiger charge is -2.21. The second kappa shape index (κ2) is 17.2. The molecule has 12 nitrogen and oxygen atoms in total. The van der Waals surface area contributed by atoms with Crippen molar-refractivity contribution in [2.45, 2.75) is 57.5 Å². The average molecular weight is 606 g/mol. The molecule has 44 heavy (non-hydrogen) atoms. The largest absolute Gasteiger partial charge is 0.454 e. The van der Waals surface area contributed by atoms with Crippen molar-refractivity contribution in [1.82, 2.24) is 20.3 Å². The summed E-state index contributed by atoms with van der Waals surface area (Å²) >= 11 is 0. The molecule has 2 heterocycles. The lowest BCUT2D eigenvalue weighted by atomic mass is 9.97. The van der Waals surface area contributed by atoms with Crippen LogP contribution in [0, 0.1) is 0 Å². The van der Waals surface area contributed by atoms with E-state index in [4.69, 9.17) is 18.9 Å².